The molecular weight excluding hydrogens is 569 g/mol. The van der Waals surface area contributed by atoms with Gasteiger partial charge in [0.25, 0.3) is 17.4 Å². The topological polar surface area (TPSA) is 76.1 Å². The Morgan fingerprint density at radius 3 is 2.12 bits per heavy atom. The van der Waals surface area contributed by atoms with Gasteiger partial charge in [0.05, 0.1) is 10.6 Å². The summed E-state index contributed by atoms with van der Waals surface area (Å²) in [7, 11) is 3.88. The molecule has 2 saturated heterocycles. The third-order valence-corrected chi connectivity index (χ3v) is 8.81. The standard InChI is InChI=1S/C31H40ClF3N4O3/c1-37(2)19-14-36-28(40)26-9-8-25(21-27(26)32)38-15-10-22(11-16-38)20-23-12-17-39(18-13-23)29(41)30(42,31(33,34)35)24-6-4-3-5-7-24/h3-9,21-23,42H,10-20H2,1-2H3,(H,36,40)/t30-/m1/s1. The first-order chi connectivity index (χ1) is 19.9. The van der Waals surface area contributed by atoms with Crippen molar-refractivity contribution in [1.29, 1.82) is 0 Å². The van der Waals surface area contributed by atoms with Gasteiger partial charge in [0.15, 0.2) is 0 Å². The highest BCUT2D eigenvalue weighted by Crippen LogP contribution is 2.41. The predicted octanol–water partition coefficient (Wildman–Crippen LogP) is 4.93. The maximum absolute atomic E-state index is 14.0. The number of hydrogen-bond donors (Lipinski definition) is 2. The minimum Gasteiger partial charge on any atom is -0.371 e. The summed E-state index contributed by atoms with van der Waals surface area (Å²) in [4.78, 5) is 30.9. The number of hydrogen-bond acceptors (Lipinski definition) is 5. The van der Waals surface area contributed by atoms with Gasteiger partial charge in [0.2, 0.25) is 0 Å². The van der Waals surface area contributed by atoms with E-state index in [1.165, 1.54) is 12.1 Å². The normalized spacial score (nSPS) is 18.7. The molecule has 2 N–H and O–H groups in total. The minimum absolute atomic E-state index is 0.192. The Morgan fingerprint density at radius 1 is 0.976 bits per heavy atom. The zero-order valence-electron chi connectivity index (χ0n) is 24.2. The number of anilines is 1. The van der Waals surface area contributed by atoms with Crippen molar-refractivity contribution in [3.63, 3.8) is 0 Å². The number of benzene rings is 2. The molecule has 2 amide bonds. The smallest absolute Gasteiger partial charge is 0.371 e. The third kappa shape index (κ3) is 7.38. The Kier molecular flexibility index (Phi) is 10.4. The Morgan fingerprint density at radius 2 is 1.57 bits per heavy atom. The summed E-state index contributed by atoms with van der Waals surface area (Å²) < 4.78 is 41.9. The molecule has 7 nitrogen and oxygen atoms in total. The molecule has 0 bridgehead atoms. The third-order valence-electron chi connectivity index (χ3n) is 8.50. The lowest BCUT2D eigenvalue weighted by Gasteiger charge is -2.40. The summed E-state index contributed by atoms with van der Waals surface area (Å²) in [6, 6.07) is 12.1. The number of amides is 2. The van der Waals surface area contributed by atoms with Crippen LogP contribution in [0.3, 0.4) is 0 Å². The molecule has 2 heterocycles. The largest absolute Gasteiger partial charge is 0.430 e. The van der Waals surface area contributed by atoms with Gasteiger partial charge in [0, 0.05) is 50.5 Å². The van der Waals surface area contributed by atoms with Gasteiger partial charge in [-0.3, -0.25) is 9.59 Å². The molecule has 2 aromatic rings. The van der Waals surface area contributed by atoms with Crippen molar-refractivity contribution >= 4 is 29.1 Å². The van der Waals surface area contributed by atoms with Gasteiger partial charge in [0.1, 0.15) is 0 Å². The van der Waals surface area contributed by atoms with Gasteiger partial charge in [-0.15, -0.1) is 0 Å². The fourth-order valence-corrected chi connectivity index (χ4v) is 6.22. The molecule has 11 heteroatoms. The van der Waals surface area contributed by atoms with E-state index < -0.39 is 23.2 Å². The molecule has 4 rings (SSSR count). The van der Waals surface area contributed by atoms with E-state index in [0.717, 1.165) is 61.6 Å². The van der Waals surface area contributed by atoms with Crippen LogP contribution >= 0.6 is 11.6 Å². The second-order valence-electron chi connectivity index (χ2n) is 11.7. The van der Waals surface area contributed by atoms with Gasteiger partial charge in [-0.2, -0.15) is 13.2 Å². The molecule has 2 aliphatic rings. The first-order valence-electron chi connectivity index (χ1n) is 14.5. The fraction of sp³-hybridized carbons (Fsp3) is 0.548. The molecule has 0 spiro atoms. The van der Waals surface area contributed by atoms with E-state index in [0.29, 0.717) is 41.8 Å². The number of carbonyl (C=O) groups excluding carboxylic acids is 2. The molecule has 230 valence electrons. The van der Waals surface area contributed by atoms with Gasteiger partial charge >= 0.3 is 6.18 Å². The van der Waals surface area contributed by atoms with Gasteiger partial charge in [-0.05, 0) is 76.2 Å². The number of carbonyl (C=O) groups is 2. The Balaban J connectivity index is 1.26. The van der Waals surface area contributed by atoms with E-state index in [4.69, 9.17) is 11.6 Å². The van der Waals surface area contributed by atoms with Crippen molar-refractivity contribution in [2.45, 2.75) is 43.9 Å². The zero-order chi connectivity index (χ0) is 30.5. The van der Waals surface area contributed by atoms with Crippen LogP contribution in [0.15, 0.2) is 48.5 Å². The van der Waals surface area contributed by atoms with Crippen molar-refractivity contribution in [2.24, 2.45) is 11.8 Å². The summed E-state index contributed by atoms with van der Waals surface area (Å²) in [6.07, 6.45) is -0.981. The first-order valence-corrected chi connectivity index (χ1v) is 14.9. The van der Waals surface area contributed by atoms with E-state index in [-0.39, 0.29) is 19.0 Å². The Bertz CT molecular complexity index is 1210. The summed E-state index contributed by atoms with van der Waals surface area (Å²) in [6.45, 7) is 3.37. The van der Waals surface area contributed by atoms with Crippen molar-refractivity contribution in [3.8, 4) is 0 Å². The molecule has 0 aromatic heterocycles. The van der Waals surface area contributed by atoms with Crippen LogP contribution in [0.4, 0.5) is 18.9 Å². The SMILES string of the molecule is CN(C)CCNC(=O)c1ccc(N2CCC(CC3CCN(C(=O)[C@](O)(c4ccccc4)C(F)(F)F)CC3)CC2)cc1Cl. The number of nitrogens with zero attached hydrogens (tertiary/aromatic N) is 3. The fourth-order valence-electron chi connectivity index (χ4n) is 5.96. The predicted molar refractivity (Wildman–Crippen MR) is 158 cm³/mol. The van der Waals surface area contributed by atoms with Gasteiger partial charge in [-0.1, -0.05) is 41.9 Å². The molecule has 2 fully saturated rings. The number of likely N-dealkylation sites (N-methyl/N-ethyl adjacent to an activating group) is 1. The Hall–Kier alpha value is -2.82. The second kappa shape index (κ2) is 13.7. The lowest BCUT2D eigenvalue weighted by Crippen LogP contribution is -2.57. The highest BCUT2D eigenvalue weighted by Gasteiger charge is 2.62. The highest BCUT2D eigenvalue weighted by atomic mass is 35.5. The summed E-state index contributed by atoms with van der Waals surface area (Å²) in [5.74, 6) is -0.685. The summed E-state index contributed by atoms with van der Waals surface area (Å²) in [5.41, 5.74) is -2.58. The monoisotopic (exact) mass is 608 g/mol. The molecule has 42 heavy (non-hydrogen) atoms. The molecule has 0 unspecified atom stereocenters. The minimum atomic E-state index is -5.13. The van der Waals surface area contributed by atoms with Gasteiger partial charge in [-0.25, -0.2) is 0 Å². The van der Waals surface area contributed by atoms with Gasteiger partial charge < -0.3 is 25.1 Å². The van der Waals surface area contributed by atoms with Crippen molar-refractivity contribution in [3.05, 3.63) is 64.7 Å². The number of nitrogens with one attached hydrogen (secondary N) is 1. The number of halogens is 4. The molecule has 0 aliphatic carbocycles. The quantitative estimate of drug-likeness (QED) is 0.422. The average molecular weight is 609 g/mol. The number of alkyl halides is 3. The number of aliphatic hydroxyl groups is 1. The second-order valence-corrected chi connectivity index (χ2v) is 12.1. The molecular formula is C31H40ClF3N4O3. The molecule has 0 radical (unpaired) electrons. The van der Waals surface area contributed by atoms with E-state index in [1.807, 2.05) is 31.1 Å². The Labute approximate surface area is 250 Å². The number of likely N-dealkylation sites (tertiary alicyclic amines) is 1. The summed E-state index contributed by atoms with van der Waals surface area (Å²) >= 11 is 6.46. The molecule has 2 aromatic carbocycles. The first kappa shape index (κ1) is 32.1. The van der Waals surface area contributed by atoms with E-state index in [2.05, 4.69) is 10.2 Å². The van der Waals surface area contributed by atoms with Crippen LogP contribution in [0.1, 0.15) is 48.0 Å². The van der Waals surface area contributed by atoms with Crippen molar-refractivity contribution in [1.82, 2.24) is 15.1 Å². The lowest BCUT2D eigenvalue weighted by molar-refractivity contribution is -0.262. The van der Waals surface area contributed by atoms with Crippen LogP contribution in [0.2, 0.25) is 5.02 Å². The molecule has 2 aliphatic heterocycles. The van der Waals surface area contributed by atoms with E-state index in [1.54, 1.807) is 12.1 Å². The van der Waals surface area contributed by atoms with Crippen molar-refractivity contribution < 1.29 is 27.9 Å². The number of rotatable bonds is 9. The summed E-state index contributed by atoms with van der Waals surface area (Å²) in [5, 5.41) is 13.9. The van der Waals surface area contributed by atoms with Crippen LogP contribution in [0.5, 0.6) is 0 Å². The maximum Gasteiger partial charge on any atom is 0.430 e. The zero-order valence-corrected chi connectivity index (χ0v) is 24.9. The van der Waals surface area contributed by atoms with E-state index >= 15 is 0 Å². The van der Waals surface area contributed by atoms with E-state index in [9.17, 15) is 27.9 Å². The molecule has 1 atom stereocenters. The molecule has 0 saturated carbocycles. The number of piperidine rings is 2. The van der Waals surface area contributed by atoms with Crippen LogP contribution < -0.4 is 10.2 Å². The lowest BCUT2D eigenvalue weighted by atomic mass is 9.82. The van der Waals surface area contributed by atoms with Crippen molar-refractivity contribution in [2.75, 3.05) is 58.3 Å². The average Bonchev–Trinajstić information content (AvgIpc) is 2.96. The van der Waals surface area contributed by atoms with Crippen LogP contribution in [0, 0.1) is 11.8 Å². The van der Waals surface area contributed by atoms with Crippen LogP contribution in [-0.2, 0) is 10.4 Å². The van der Waals surface area contributed by atoms with Crippen LogP contribution in [-0.4, -0.2) is 86.3 Å². The maximum atomic E-state index is 14.0. The van der Waals surface area contributed by atoms with Crippen LogP contribution in [0.25, 0.3) is 0 Å². The highest BCUT2D eigenvalue weighted by molar-refractivity contribution is 6.34.